The summed E-state index contributed by atoms with van der Waals surface area (Å²) >= 11 is 3.05. The first kappa shape index (κ1) is 33.0. The van der Waals surface area contributed by atoms with E-state index in [4.69, 9.17) is 5.73 Å². The Bertz CT molecular complexity index is 1200. The highest BCUT2D eigenvalue weighted by Gasteiger charge is 2.47. The summed E-state index contributed by atoms with van der Waals surface area (Å²) in [4.78, 5) is 39.1. The summed E-state index contributed by atoms with van der Waals surface area (Å²) in [7, 11) is 0. The molecule has 1 fully saturated rings. The van der Waals surface area contributed by atoms with E-state index in [1.54, 1.807) is 4.90 Å². The number of alkyl halides is 1. The summed E-state index contributed by atoms with van der Waals surface area (Å²) in [5, 5.41) is 10.0. The zero-order chi connectivity index (χ0) is 30.3. The lowest BCUT2D eigenvalue weighted by Crippen LogP contribution is -2.54. The molecule has 1 amide bonds. The average molecular weight is 636 g/mol. The highest BCUT2D eigenvalue weighted by Crippen LogP contribution is 2.50. The number of nitrogens with two attached hydrogens (primary N) is 1. The molecule has 224 valence electrons. The summed E-state index contributed by atoms with van der Waals surface area (Å²) in [5.41, 5.74) is 7.12. The van der Waals surface area contributed by atoms with E-state index < -0.39 is 41.4 Å². The van der Waals surface area contributed by atoms with Gasteiger partial charge < -0.3 is 15.7 Å². The summed E-state index contributed by atoms with van der Waals surface area (Å²) in [6, 6.07) is 12.2. The van der Waals surface area contributed by atoms with Gasteiger partial charge in [-0.05, 0) is 78.2 Å². The second-order valence-corrected chi connectivity index (χ2v) is 12.8. The van der Waals surface area contributed by atoms with Crippen LogP contribution in [0.2, 0.25) is 0 Å². The average Bonchev–Trinajstić information content (AvgIpc) is 3.33. The normalized spacial score (nSPS) is 20.4. The van der Waals surface area contributed by atoms with E-state index in [1.807, 2.05) is 51.1 Å². The topological polar surface area (TPSA) is 101 Å². The number of benzene rings is 2. The van der Waals surface area contributed by atoms with Gasteiger partial charge in [-0.2, -0.15) is 0 Å². The molecule has 0 aromatic heterocycles. The highest BCUT2D eigenvalue weighted by atomic mass is 79.9. The van der Waals surface area contributed by atoms with Crippen molar-refractivity contribution in [3.63, 3.8) is 0 Å². The molecular weight excluding hydrogens is 594 g/mol. The molecule has 1 saturated carbocycles. The number of carbonyl (C=O) groups excluding carboxylic acids is 3. The second kappa shape index (κ2) is 14.6. The first-order valence-corrected chi connectivity index (χ1v) is 15.2. The van der Waals surface area contributed by atoms with Crippen molar-refractivity contribution in [3.05, 3.63) is 71.3 Å². The Morgan fingerprint density at radius 1 is 1.10 bits per heavy atom. The maximum atomic E-state index is 14.9. The van der Waals surface area contributed by atoms with Crippen molar-refractivity contribution in [2.45, 2.75) is 70.9 Å². The van der Waals surface area contributed by atoms with Crippen LogP contribution < -0.4 is 5.73 Å². The van der Waals surface area contributed by atoms with Gasteiger partial charge in [-0.25, -0.2) is 8.78 Å². The number of nitrogens with zero attached hydrogens (tertiary/aromatic N) is 1. The second-order valence-electron chi connectivity index (χ2n) is 12.2. The van der Waals surface area contributed by atoms with Gasteiger partial charge in [0.05, 0.1) is 17.8 Å². The van der Waals surface area contributed by atoms with Crippen LogP contribution in [0.15, 0.2) is 48.5 Å². The van der Waals surface area contributed by atoms with E-state index in [1.165, 1.54) is 6.07 Å². The number of aliphatic hydroxyl groups is 1. The lowest BCUT2D eigenvalue weighted by molar-refractivity contribution is -0.142. The largest absolute Gasteiger partial charge is 0.387 e. The summed E-state index contributed by atoms with van der Waals surface area (Å²) in [5.74, 6) is -2.43. The molecule has 3 unspecified atom stereocenters. The molecule has 9 heteroatoms. The van der Waals surface area contributed by atoms with Crippen molar-refractivity contribution in [3.8, 4) is 0 Å². The van der Waals surface area contributed by atoms with Crippen LogP contribution in [0, 0.1) is 28.9 Å². The lowest BCUT2D eigenvalue weighted by Gasteiger charge is -2.46. The lowest BCUT2D eigenvalue weighted by atomic mass is 9.72. The van der Waals surface area contributed by atoms with E-state index in [0.717, 1.165) is 17.7 Å². The molecule has 3 N–H and O–H groups in total. The minimum atomic E-state index is -0.939. The maximum Gasteiger partial charge on any atom is 0.248 e. The van der Waals surface area contributed by atoms with Gasteiger partial charge in [-0.15, -0.1) is 0 Å². The van der Waals surface area contributed by atoms with Crippen molar-refractivity contribution in [2.75, 3.05) is 18.5 Å². The van der Waals surface area contributed by atoms with Crippen molar-refractivity contribution < 1.29 is 28.3 Å². The standard InChI is InChI=1S/C32H41BrF2N2O4/c1-32(2,3)31(37(30(41)19-38)12-11-28(36)29(40)17-24(39)18-33)26-15-22(25-16-23(34)9-10-27(25)35)14-21(26)13-20-7-5-4-6-8-20/h4-10,16,21-22,26,28,31,38H,11-15,17-19,36H2,1-3H3/t21?,22?,26?,28-,31-/m0/s1. The van der Waals surface area contributed by atoms with Crippen LogP contribution in [0.1, 0.15) is 63.5 Å². The Morgan fingerprint density at radius 3 is 2.39 bits per heavy atom. The van der Waals surface area contributed by atoms with Crippen LogP contribution in [-0.4, -0.2) is 58.0 Å². The smallest absolute Gasteiger partial charge is 0.248 e. The fourth-order valence-electron chi connectivity index (χ4n) is 6.44. The van der Waals surface area contributed by atoms with Gasteiger partial charge in [-0.1, -0.05) is 67.0 Å². The van der Waals surface area contributed by atoms with Gasteiger partial charge in [-0.3, -0.25) is 14.4 Å². The molecule has 2 aromatic carbocycles. The van der Waals surface area contributed by atoms with E-state index in [0.29, 0.717) is 24.8 Å². The molecule has 0 radical (unpaired) electrons. The Morgan fingerprint density at radius 2 is 1.78 bits per heavy atom. The van der Waals surface area contributed by atoms with Crippen LogP contribution in [0.4, 0.5) is 8.78 Å². The molecule has 41 heavy (non-hydrogen) atoms. The number of halogens is 3. The monoisotopic (exact) mass is 634 g/mol. The van der Waals surface area contributed by atoms with E-state index in [-0.39, 0.29) is 54.3 Å². The van der Waals surface area contributed by atoms with Crippen molar-refractivity contribution >= 4 is 33.4 Å². The number of rotatable bonds is 13. The third-order valence-electron chi connectivity index (χ3n) is 8.19. The number of hydrogen-bond acceptors (Lipinski definition) is 5. The molecule has 2 aromatic rings. The number of amides is 1. The fraction of sp³-hybridized carbons (Fsp3) is 0.531. The van der Waals surface area contributed by atoms with Crippen molar-refractivity contribution in [1.82, 2.24) is 4.90 Å². The van der Waals surface area contributed by atoms with Crippen LogP contribution >= 0.6 is 15.9 Å². The molecule has 5 atom stereocenters. The molecule has 0 saturated heterocycles. The Kier molecular flexibility index (Phi) is 11.8. The number of carbonyl (C=O) groups is 3. The number of Topliss-reactive ketones (excluding diaryl/α,β-unsaturated/α-hetero) is 2. The molecule has 0 spiro atoms. The Hall–Kier alpha value is -2.49. The van der Waals surface area contributed by atoms with Crippen LogP contribution in [-0.2, 0) is 20.8 Å². The minimum Gasteiger partial charge on any atom is -0.387 e. The predicted molar refractivity (Wildman–Crippen MR) is 159 cm³/mol. The van der Waals surface area contributed by atoms with Gasteiger partial charge in [0.2, 0.25) is 5.91 Å². The Labute approximate surface area is 249 Å². The predicted octanol–water partition coefficient (Wildman–Crippen LogP) is 5.19. The van der Waals surface area contributed by atoms with E-state index >= 15 is 0 Å². The van der Waals surface area contributed by atoms with Gasteiger partial charge in [0, 0.05) is 12.6 Å². The maximum absolute atomic E-state index is 14.9. The van der Waals surface area contributed by atoms with Crippen molar-refractivity contribution in [2.24, 2.45) is 23.0 Å². The molecule has 6 nitrogen and oxygen atoms in total. The number of hydrogen-bond donors (Lipinski definition) is 2. The first-order valence-electron chi connectivity index (χ1n) is 14.1. The Balaban J connectivity index is 1.97. The molecule has 1 aliphatic rings. The molecule has 0 bridgehead atoms. The molecule has 3 rings (SSSR count). The molecular formula is C32H41BrF2N2O4. The number of ketones is 2. The minimum absolute atomic E-state index is 0.0372. The summed E-state index contributed by atoms with van der Waals surface area (Å²) < 4.78 is 29.1. The van der Waals surface area contributed by atoms with Gasteiger partial charge in [0.15, 0.2) is 11.6 Å². The van der Waals surface area contributed by atoms with Gasteiger partial charge in [0.25, 0.3) is 0 Å². The molecule has 0 aliphatic heterocycles. The third kappa shape index (κ3) is 8.75. The van der Waals surface area contributed by atoms with Gasteiger partial charge >= 0.3 is 0 Å². The summed E-state index contributed by atoms with van der Waals surface area (Å²) in [6.45, 7) is 5.46. The fourth-order valence-corrected chi connectivity index (χ4v) is 6.64. The van der Waals surface area contributed by atoms with Crippen LogP contribution in [0.5, 0.6) is 0 Å². The van der Waals surface area contributed by atoms with E-state index in [9.17, 15) is 28.3 Å². The quantitative estimate of drug-likeness (QED) is 0.233. The van der Waals surface area contributed by atoms with E-state index in [2.05, 4.69) is 15.9 Å². The van der Waals surface area contributed by atoms with Gasteiger partial charge in [0.1, 0.15) is 18.2 Å². The third-order valence-corrected chi connectivity index (χ3v) is 8.81. The zero-order valence-electron chi connectivity index (χ0n) is 24.0. The van der Waals surface area contributed by atoms with Crippen LogP contribution in [0.25, 0.3) is 0 Å². The number of aliphatic hydroxyl groups excluding tert-OH is 1. The zero-order valence-corrected chi connectivity index (χ0v) is 25.6. The van der Waals surface area contributed by atoms with Crippen molar-refractivity contribution in [1.29, 1.82) is 0 Å². The van der Waals surface area contributed by atoms with Crippen LogP contribution in [0.3, 0.4) is 0 Å². The molecule has 1 aliphatic carbocycles. The highest BCUT2D eigenvalue weighted by molar-refractivity contribution is 9.09. The first-order chi connectivity index (χ1) is 19.3. The molecule has 0 heterocycles. The SMILES string of the molecule is CC(C)(C)[C@H](C1CC(c2cc(F)ccc2F)CC1Cc1ccccc1)N(CC[C@H](N)C(=O)CC(=O)CBr)C(=O)CO. The summed E-state index contributed by atoms with van der Waals surface area (Å²) in [6.07, 6.45) is 1.68.